The quantitative estimate of drug-likeness (QED) is 0.528. The SMILES string of the molecule is O=C(NCc1cc([N+](=O)[O-])cc(C(F)(F)F)c1)NC1CCC(C(=O)O)CC1. The number of aliphatic carboxylic acids is 1. The summed E-state index contributed by atoms with van der Waals surface area (Å²) < 4.78 is 38.5. The van der Waals surface area contributed by atoms with Crippen molar-refractivity contribution >= 4 is 17.7 Å². The van der Waals surface area contributed by atoms with Crippen LogP contribution in [0.4, 0.5) is 23.7 Å². The molecular formula is C16H18F3N3O5. The maximum absolute atomic E-state index is 12.8. The Morgan fingerprint density at radius 1 is 1.19 bits per heavy atom. The third-order valence-corrected chi connectivity index (χ3v) is 4.38. The Balaban J connectivity index is 1.94. The molecule has 1 aromatic carbocycles. The molecule has 1 aromatic rings. The van der Waals surface area contributed by atoms with Crippen LogP contribution in [0.15, 0.2) is 18.2 Å². The molecule has 1 saturated carbocycles. The standard InChI is InChI=1S/C16H18F3N3O5/c17-16(18,19)11-5-9(6-13(7-11)22(26)27)8-20-15(25)21-12-3-1-10(2-4-12)14(23)24/h5-7,10,12H,1-4,8H2,(H,23,24)(H2,20,21,25). The van der Waals surface area contributed by atoms with E-state index in [4.69, 9.17) is 5.11 Å². The van der Waals surface area contributed by atoms with E-state index in [-0.39, 0.29) is 18.2 Å². The van der Waals surface area contributed by atoms with Gasteiger partial charge in [0, 0.05) is 24.7 Å². The number of hydrogen-bond donors (Lipinski definition) is 3. The molecule has 0 atom stereocenters. The molecule has 27 heavy (non-hydrogen) atoms. The second kappa shape index (κ2) is 8.23. The topological polar surface area (TPSA) is 122 Å². The number of alkyl halides is 3. The molecule has 8 nitrogen and oxygen atoms in total. The molecule has 0 saturated heterocycles. The number of urea groups is 1. The van der Waals surface area contributed by atoms with Crippen LogP contribution in [-0.2, 0) is 17.5 Å². The van der Waals surface area contributed by atoms with E-state index in [1.807, 2.05) is 0 Å². The highest BCUT2D eigenvalue weighted by molar-refractivity contribution is 5.74. The van der Waals surface area contributed by atoms with Crippen molar-refractivity contribution < 1.29 is 32.8 Å². The average molecular weight is 389 g/mol. The number of nitrogens with zero attached hydrogens (tertiary/aromatic N) is 1. The molecule has 148 valence electrons. The molecule has 2 amide bonds. The molecule has 1 aliphatic rings. The molecule has 11 heteroatoms. The fourth-order valence-corrected chi connectivity index (χ4v) is 2.95. The molecule has 0 bridgehead atoms. The fourth-order valence-electron chi connectivity index (χ4n) is 2.95. The smallest absolute Gasteiger partial charge is 0.416 e. The highest BCUT2D eigenvalue weighted by atomic mass is 19.4. The molecule has 3 N–H and O–H groups in total. The summed E-state index contributed by atoms with van der Waals surface area (Å²) in [5, 5.41) is 24.7. The minimum absolute atomic E-state index is 0.0544. The van der Waals surface area contributed by atoms with E-state index >= 15 is 0 Å². The zero-order chi connectivity index (χ0) is 20.2. The molecule has 0 aliphatic heterocycles. The van der Waals surface area contributed by atoms with Crippen molar-refractivity contribution in [1.82, 2.24) is 10.6 Å². The van der Waals surface area contributed by atoms with Crippen molar-refractivity contribution in [2.75, 3.05) is 0 Å². The maximum atomic E-state index is 12.8. The molecule has 1 fully saturated rings. The first-order valence-electron chi connectivity index (χ1n) is 8.19. The number of nitro groups is 1. The lowest BCUT2D eigenvalue weighted by atomic mass is 9.86. The number of amides is 2. The summed E-state index contributed by atoms with van der Waals surface area (Å²) >= 11 is 0. The zero-order valence-corrected chi connectivity index (χ0v) is 14.1. The van der Waals surface area contributed by atoms with Crippen LogP contribution in [0, 0.1) is 16.0 Å². The van der Waals surface area contributed by atoms with Gasteiger partial charge in [0.15, 0.2) is 0 Å². The van der Waals surface area contributed by atoms with E-state index in [0.29, 0.717) is 31.7 Å². The third-order valence-electron chi connectivity index (χ3n) is 4.38. The Kier molecular flexibility index (Phi) is 6.24. The molecular weight excluding hydrogens is 371 g/mol. The second-order valence-corrected chi connectivity index (χ2v) is 6.36. The van der Waals surface area contributed by atoms with E-state index in [1.165, 1.54) is 0 Å². The Morgan fingerprint density at radius 2 is 1.81 bits per heavy atom. The zero-order valence-electron chi connectivity index (χ0n) is 14.1. The van der Waals surface area contributed by atoms with Crippen LogP contribution in [0.3, 0.4) is 0 Å². The summed E-state index contributed by atoms with van der Waals surface area (Å²) in [4.78, 5) is 32.7. The van der Waals surface area contributed by atoms with Gasteiger partial charge in [-0.2, -0.15) is 13.2 Å². The predicted octanol–water partition coefficient (Wildman–Crippen LogP) is 3.06. The van der Waals surface area contributed by atoms with Crippen LogP contribution in [0.1, 0.15) is 36.8 Å². The van der Waals surface area contributed by atoms with E-state index in [9.17, 15) is 32.9 Å². The average Bonchev–Trinajstić information content (AvgIpc) is 2.59. The van der Waals surface area contributed by atoms with Crippen molar-refractivity contribution in [2.45, 2.75) is 44.4 Å². The van der Waals surface area contributed by atoms with Crippen LogP contribution in [0.2, 0.25) is 0 Å². The Bertz CT molecular complexity index is 731. The van der Waals surface area contributed by atoms with E-state index in [1.54, 1.807) is 0 Å². The van der Waals surface area contributed by atoms with Crippen molar-refractivity contribution in [1.29, 1.82) is 0 Å². The number of benzene rings is 1. The van der Waals surface area contributed by atoms with Crippen LogP contribution in [0.25, 0.3) is 0 Å². The van der Waals surface area contributed by atoms with Gasteiger partial charge < -0.3 is 15.7 Å². The van der Waals surface area contributed by atoms with E-state index in [2.05, 4.69) is 10.6 Å². The first-order chi connectivity index (χ1) is 12.6. The van der Waals surface area contributed by atoms with Crippen LogP contribution in [-0.4, -0.2) is 28.1 Å². The van der Waals surface area contributed by atoms with Gasteiger partial charge in [0.05, 0.1) is 16.4 Å². The number of carboxylic acids is 1. The summed E-state index contributed by atoms with van der Waals surface area (Å²) in [5.74, 6) is -1.30. The van der Waals surface area contributed by atoms with Gasteiger partial charge in [0.1, 0.15) is 0 Å². The minimum Gasteiger partial charge on any atom is -0.481 e. The number of nitrogens with one attached hydrogen (secondary N) is 2. The van der Waals surface area contributed by atoms with Gasteiger partial charge in [0.2, 0.25) is 0 Å². The highest BCUT2D eigenvalue weighted by Crippen LogP contribution is 2.32. The number of rotatable bonds is 5. The van der Waals surface area contributed by atoms with E-state index in [0.717, 1.165) is 12.1 Å². The number of carbonyl (C=O) groups excluding carboxylic acids is 1. The first kappa shape index (κ1) is 20.5. The minimum atomic E-state index is -4.74. The summed E-state index contributed by atoms with van der Waals surface area (Å²) in [7, 11) is 0. The van der Waals surface area contributed by atoms with Crippen LogP contribution < -0.4 is 10.6 Å². The lowest BCUT2D eigenvalue weighted by molar-refractivity contribution is -0.385. The fraction of sp³-hybridized carbons (Fsp3) is 0.500. The number of hydrogen-bond acceptors (Lipinski definition) is 4. The van der Waals surface area contributed by atoms with Crippen molar-refractivity contribution in [3.05, 3.63) is 39.4 Å². The molecule has 0 radical (unpaired) electrons. The molecule has 0 unspecified atom stereocenters. The van der Waals surface area contributed by atoms with Gasteiger partial charge >= 0.3 is 18.2 Å². The number of carboxylic acid groups (broad SMARTS) is 1. The number of carbonyl (C=O) groups is 2. The van der Waals surface area contributed by atoms with Gasteiger partial charge in [-0.3, -0.25) is 14.9 Å². The molecule has 2 rings (SSSR count). The molecule has 1 aliphatic carbocycles. The lowest BCUT2D eigenvalue weighted by Crippen LogP contribution is -2.43. The molecule has 0 heterocycles. The summed E-state index contributed by atoms with van der Waals surface area (Å²) in [5.41, 5.74) is -1.93. The molecule has 0 aromatic heterocycles. The monoisotopic (exact) mass is 389 g/mol. The van der Waals surface area contributed by atoms with Gasteiger partial charge in [-0.15, -0.1) is 0 Å². The normalized spacial score (nSPS) is 20.0. The third kappa shape index (κ3) is 5.83. The largest absolute Gasteiger partial charge is 0.481 e. The molecule has 0 spiro atoms. The number of nitro benzene ring substituents is 1. The van der Waals surface area contributed by atoms with Gasteiger partial charge in [-0.25, -0.2) is 4.79 Å². The second-order valence-electron chi connectivity index (χ2n) is 6.36. The van der Waals surface area contributed by atoms with Crippen LogP contribution in [0.5, 0.6) is 0 Å². The van der Waals surface area contributed by atoms with Gasteiger partial charge in [-0.05, 0) is 37.3 Å². The lowest BCUT2D eigenvalue weighted by Gasteiger charge is -2.26. The Hall–Kier alpha value is -2.85. The van der Waals surface area contributed by atoms with Crippen molar-refractivity contribution in [3.8, 4) is 0 Å². The van der Waals surface area contributed by atoms with Gasteiger partial charge in [0.25, 0.3) is 5.69 Å². The summed E-state index contributed by atoms with van der Waals surface area (Å²) in [6.07, 6.45) is -2.91. The summed E-state index contributed by atoms with van der Waals surface area (Å²) in [6, 6.07) is 1.29. The first-order valence-corrected chi connectivity index (χ1v) is 8.19. The van der Waals surface area contributed by atoms with E-state index < -0.39 is 40.3 Å². The van der Waals surface area contributed by atoms with Gasteiger partial charge in [-0.1, -0.05) is 0 Å². The number of halogens is 3. The number of non-ortho nitro benzene ring substituents is 1. The predicted molar refractivity (Wildman–Crippen MR) is 86.9 cm³/mol. The van der Waals surface area contributed by atoms with Crippen LogP contribution >= 0.6 is 0 Å². The highest BCUT2D eigenvalue weighted by Gasteiger charge is 2.33. The maximum Gasteiger partial charge on any atom is 0.416 e. The van der Waals surface area contributed by atoms with Crippen molar-refractivity contribution in [2.24, 2.45) is 5.92 Å². The van der Waals surface area contributed by atoms with Crippen molar-refractivity contribution in [3.63, 3.8) is 0 Å². The summed E-state index contributed by atoms with van der Waals surface area (Å²) in [6.45, 7) is -0.318. The Morgan fingerprint density at radius 3 is 2.33 bits per heavy atom. The Labute approximate surface area is 151 Å².